The number of hydrogen-bond acceptors (Lipinski definition) is 3. The number of nitrogens with one attached hydrogen (secondary N) is 2. The van der Waals surface area contributed by atoms with Crippen LogP contribution in [0.5, 0.6) is 0 Å². The number of benzene rings is 3. The first-order valence-electron chi connectivity index (χ1n) is 10.5. The number of nitrogens with zero attached hydrogens (tertiary/aromatic N) is 1. The van der Waals surface area contributed by atoms with Crippen molar-refractivity contribution in [3.8, 4) is 0 Å². The van der Waals surface area contributed by atoms with E-state index in [-0.39, 0.29) is 6.04 Å². The molecule has 32 heavy (non-hydrogen) atoms. The Hall–Kier alpha value is -3.16. The number of rotatable bonds is 3. The van der Waals surface area contributed by atoms with Crippen LogP contribution >= 0.6 is 12.2 Å². The smallest absolute Gasteiger partial charge is 0.264 e. The quantitative estimate of drug-likeness (QED) is 0.562. The van der Waals surface area contributed by atoms with Crippen LogP contribution in [0.15, 0.2) is 89.3 Å². The highest BCUT2D eigenvalue weighted by atomic mass is 32.2. The molecule has 0 saturated carbocycles. The molecule has 1 unspecified atom stereocenters. The van der Waals surface area contributed by atoms with Gasteiger partial charge in [0.25, 0.3) is 10.0 Å². The Morgan fingerprint density at radius 3 is 2.38 bits per heavy atom. The summed E-state index contributed by atoms with van der Waals surface area (Å²) in [6.45, 7) is 2.28. The highest BCUT2D eigenvalue weighted by Crippen LogP contribution is 2.41. The molecule has 0 fully saturated rings. The molecule has 0 saturated heterocycles. The van der Waals surface area contributed by atoms with Gasteiger partial charge in [0.15, 0.2) is 5.11 Å². The molecule has 0 bridgehead atoms. The van der Waals surface area contributed by atoms with Crippen molar-refractivity contribution >= 4 is 38.7 Å². The third kappa shape index (κ3) is 3.57. The summed E-state index contributed by atoms with van der Waals surface area (Å²) in [6, 6.07) is 24.6. The van der Waals surface area contributed by atoms with Gasteiger partial charge in [-0.25, -0.2) is 8.42 Å². The zero-order valence-corrected chi connectivity index (χ0v) is 19.2. The summed E-state index contributed by atoms with van der Waals surface area (Å²) in [4.78, 5) is 0.291. The molecule has 1 atom stereocenters. The first-order valence-corrected chi connectivity index (χ1v) is 12.3. The molecule has 0 radical (unpaired) electrons. The van der Waals surface area contributed by atoms with E-state index < -0.39 is 10.0 Å². The molecular formula is C25H23N3O2S2. The van der Waals surface area contributed by atoms with Gasteiger partial charge in [0.2, 0.25) is 0 Å². The van der Waals surface area contributed by atoms with E-state index in [9.17, 15) is 8.42 Å². The van der Waals surface area contributed by atoms with Crippen molar-refractivity contribution in [3.63, 3.8) is 0 Å². The fraction of sp³-hybridized carbons (Fsp3) is 0.160. The molecule has 0 aliphatic carbocycles. The SMILES string of the molecule is Cc1ccc(S(=O)(=O)N2CCC3=C(NC(=S)NC3c3ccccc3)c3ccccc32)cc1. The third-order valence-corrected chi connectivity index (χ3v) is 8.00. The maximum Gasteiger partial charge on any atom is 0.264 e. The lowest BCUT2D eigenvalue weighted by Crippen LogP contribution is -2.43. The van der Waals surface area contributed by atoms with Crippen molar-refractivity contribution < 1.29 is 8.42 Å². The van der Waals surface area contributed by atoms with Gasteiger partial charge in [-0.15, -0.1) is 0 Å². The molecule has 3 aromatic carbocycles. The van der Waals surface area contributed by atoms with E-state index in [0.29, 0.717) is 28.7 Å². The fourth-order valence-electron chi connectivity index (χ4n) is 4.36. The predicted octanol–water partition coefficient (Wildman–Crippen LogP) is 4.52. The second-order valence-electron chi connectivity index (χ2n) is 8.00. The molecule has 0 spiro atoms. The van der Waals surface area contributed by atoms with Gasteiger partial charge < -0.3 is 10.6 Å². The molecule has 2 aliphatic heterocycles. The van der Waals surface area contributed by atoms with E-state index >= 15 is 0 Å². The molecule has 5 rings (SSSR count). The number of thiocarbonyl (C=S) groups is 1. The minimum Gasteiger partial charge on any atom is -0.352 e. The minimum absolute atomic E-state index is 0.116. The summed E-state index contributed by atoms with van der Waals surface area (Å²) in [6.07, 6.45) is 0.567. The van der Waals surface area contributed by atoms with E-state index in [1.165, 1.54) is 4.31 Å². The first kappa shape index (κ1) is 20.7. The van der Waals surface area contributed by atoms with Crippen LogP contribution in [0.3, 0.4) is 0 Å². The number of anilines is 1. The zero-order chi connectivity index (χ0) is 22.3. The lowest BCUT2D eigenvalue weighted by Gasteiger charge is -2.31. The average molecular weight is 462 g/mol. The molecule has 2 heterocycles. The van der Waals surface area contributed by atoms with Crippen LogP contribution in [0.1, 0.15) is 29.2 Å². The second-order valence-corrected chi connectivity index (χ2v) is 10.3. The lowest BCUT2D eigenvalue weighted by molar-refractivity contribution is 0.589. The maximum absolute atomic E-state index is 13.7. The van der Waals surface area contributed by atoms with Crippen LogP contribution in [0.4, 0.5) is 5.69 Å². The van der Waals surface area contributed by atoms with E-state index in [1.807, 2.05) is 61.5 Å². The Bertz CT molecular complexity index is 1320. The van der Waals surface area contributed by atoms with E-state index in [0.717, 1.165) is 28.0 Å². The summed E-state index contributed by atoms with van der Waals surface area (Å²) in [5.41, 5.74) is 5.59. The van der Waals surface area contributed by atoms with Gasteiger partial charge in [-0.1, -0.05) is 66.2 Å². The fourth-order valence-corrected chi connectivity index (χ4v) is 6.07. The molecule has 5 nitrogen and oxygen atoms in total. The van der Waals surface area contributed by atoms with Gasteiger partial charge in [0, 0.05) is 12.1 Å². The van der Waals surface area contributed by atoms with Crippen LogP contribution in [-0.2, 0) is 10.0 Å². The van der Waals surface area contributed by atoms with Gasteiger partial charge in [0.05, 0.1) is 22.3 Å². The topological polar surface area (TPSA) is 61.4 Å². The molecule has 2 aliphatic rings. The Morgan fingerprint density at radius 2 is 1.62 bits per heavy atom. The predicted molar refractivity (Wildman–Crippen MR) is 132 cm³/mol. The van der Waals surface area contributed by atoms with Crippen molar-refractivity contribution in [1.82, 2.24) is 10.6 Å². The van der Waals surface area contributed by atoms with Crippen molar-refractivity contribution in [3.05, 3.63) is 101 Å². The van der Waals surface area contributed by atoms with E-state index in [4.69, 9.17) is 12.2 Å². The Balaban J connectivity index is 1.64. The van der Waals surface area contributed by atoms with E-state index in [2.05, 4.69) is 22.8 Å². The molecule has 3 aromatic rings. The van der Waals surface area contributed by atoms with Gasteiger partial charge in [-0.2, -0.15) is 0 Å². The Morgan fingerprint density at radius 1 is 0.938 bits per heavy atom. The van der Waals surface area contributed by atoms with Crippen LogP contribution in [0, 0.1) is 6.92 Å². The van der Waals surface area contributed by atoms with Crippen molar-refractivity contribution in [2.75, 3.05) is 10.8 Å². The van der Waals surface area contributed by atoms with Gasteiger partial charge >= 0.3 is 0 Å². The normalized spacial score (nSPS) is 18.2. The lowest BCUT2D eigenvalue weighted by atomic mass is 9.91. The summed E-state index contributed by atoms with van der Waals surface area (Å²) in [7, 11) is -3.73. The number of hydrogen-bond donors (Lipinski definition) is 2. The van der Waals surface area contributed by atoms with Crippen molar-refractivity contribution in [2.45, 2.75) is 24.3 Å². The molecular weight excluding hydrogens is 438 g/mol. The summed E-state index contributed by atoms with van der Waals surface area (Å²) >= 11 is 5.53. The summed E-state index contributed by atoms with van der Waals surface area (Å²) in [5, 5.41) is 7.22. The number of aryl methyl sites for hydroxylation is 1. The van der Waals surface area contributed by atoms with Crippen LogP contribution in [-0.4, -0.2) is 20.1 Å². The minimum atomic E-state index is -3.73. The van der Waals surface area contributed by atoms with Gasteiger partial charge in [0.1, 0.15) is 0 Å². The number of para-hydroxylation sites is 1. The maximum atomic E-state index is 13.7. The standard InChI is InChI=1S/C25H23N3O2S2/c1-17-11-13-19(14-12-17)32(29,30)28-16-15-21-23(18-7-3-2-4-8-18)26-25(31)27-24(21)20-9-5-6-10-22(20)28/h2-14,23H,15-16H2,1H3,(H2,26,27,31). The average Bonchev–Trinajstić information content (AvgIpc) is 2.97. The van der Waals surface area contributed by atoms with Gasteiger partial charge in [-0.05, 0) is 54.9 Å². The van der Waals surface area contributed by atoms with Crippen LogP contribution in [0.2, 0.25) is 0 Å². The Labute approximate surface area is 193 Å². The Kier molecular flexibility index (Phi) is 5.23. The second kappa shape index (κ2) is 8.07. The zero-order valence-electron chi connectivity index (χ0n) is 17.6. The first-order chi connectivity index (χ1) is 15.4. The molecule has 7 heteroatoms. The summed E-state index contributed by atoms with van der Waals surface area (Å²) < 4.78 is 28.9. The number of fused-ring (bicyclic) bond motifs is 2. The van der Waals surface area contributed by atoms with E-state index in [1.54, 1.807) is 12.1 Å². The largest absolute Gasteiger partial charge is 0.352 e. The monoisotopic (exact) mass is 461 g/mol. The molecule has 0 aromatic heterocycles. The molecule has 162 valence electrons. The van der Waals surface area contributed by atoms with Crippen molar-refractivity contribution in [2.24, 2.45) is 0 Å². The van der Waals surface area contributed by atoms with Gasteiger partial charge in [-0.3, -0.25) is 4.31 Å². The van der Waals surface area contributed by atoms with Crippen LogP contribution in [0.25, 0.3) is 5.70 Å². The molecule has 0 amide bonds. The third-order valence-electron chi connectivity index (χ3n) is 5.95. The number of sulfonamides is 1. The highest BCUT2D eigenvalue weighted by Gasteiger charge is 2.35. The van der Waals surface area contributed by atoms with Crippen molar-refractivity contribution in [1.29, 1.82) is 0 Å². The molecule has 2 N–H and O–H groups in total. The van der Waals surface area contributed by atoms with Crippen LogP contribution < -0.4 is 14.9 Å². The summed E-state index contributed by atoms with van der Waals surface area (Å²) in [5.74, 6) is 0. The highest BCUT2D eigenvalue weighted by molar-refractivity contribution is 7.92.